The molecule has 1 amide bonds. The molecule has 6 heteroatoms. The second-order valence-corrected chi connectivity index (χ2v) is 5.34. The molecule has 2 atom stereocenters. The molecule has 0 aromatic carbocycles. The van der Waals surface area contributed by atoms with Crippen LogP contribution < -0.4 is 5.32 Å². The molecule has 0 aromatic rings. The van der Waals surface area contributed by atoms with Crippen molar-refractivity contribution in [2.75, 3.05) is 26.8 Å². The molecule has 1 saturated heterocycles. The van der Waals surface area contributed by atoms with Gasteiger partial charge in [-0.05, 0) is 19.9 Å². The Morgan fingerprint density at radius 1 is 1.32 bits per heavy atom. The van der Waals surface area contributed by atoms with E-state index in [9.17, 15) is 9.59 Å². The second kappa shape index (κ2) is 6.34. The van der Waals surface area contributed by atoms with Crippen LogP contribution in [0.2, 0.25) is 0 Å². The highest BCUT2D eigenvalue weighted by molar-refractivity contribution is 5.84. The first kappa shape index (κ1) is 14.3. The Bertz CT molecular complexity index is 342. The van der Waals surface area contributed by atoms with Crippen molar-refractivity contribution in [2.24, 2.45) is 5.92 Å². The Hall–Kier alpha value is -1.14. The summed E-state index contributed by atoms with van der Waals surface area (Å²) in [6, 6.07) is 0.0758. The molecule has 6 nitrogen and oxygen atoms in total. The van der Waals surface area contributed by atoms with Crippen LogP contribution >= 0.6 is 0 Å². The van der Waals surface area contributed by atoms with Gasteiger partial charge in [0.25, 0.3) is 0 Å². The van der Waals surface area contributed by atoms with Crippen molar-refractivity contribution in [2.45, 2.75) is 37.8 Å². The summed E-state index contributed by atoms with van der Waals surface area (Å²) in [5.41, 5.74) is 0. The molecule has 0 bridgehead atoms. The summed E-state index contributed by atoms with van der Waals surface area (Å²) in [6.45, 7) is 0.697. The predicted octanol–water partition coefficient (Wildman–Crippen LogP) is 0.0766. The largest absolute Gasteiger partial charge is 0.480 e. The maximum absolute atomic E-state index is 12.6. The number of likely N-dealkylation sites (N-methyl/N-ethyl adjacent to an activating group) is 1. The van der Waals surface area contributed by atoms with E-state index in [4.69, 9.17) is 9.84 Å². The van der Waals surface area contributed by atoms with Gasteiger partial charge < -0.3 is 20.1 Å². The summed E-state index contributed by atoms with van der Waals surface area (Å²) in [5, 5.41) is 12.1. The lowest BCUT2D eigenvalue weighted by Gasteiger charge is -2.31. The minimum absolute atomic E-state index is 0.00908. The van der Waals surface area contributed by atoms with Crippen LogP contribution in [0.1, 0.15) is 25.7 Å². The molecule has 0 radical (unpaired) electrons. The van der Waals surface area contributed by atoms with E-state index in [0.717, 1.165) is 25.7 Å². The van der Waals surface area contributed by atoms with Crippen molar-refractivity contribution in [3.8, 4) is 0 Å². The average molecular weight is 270 g/mol. The number of carbonyl (C=O) groups excluding carboxylic acids is 1. The van der Waals surface area contributed by atoms with Crippen LogP contribution in [0.5, 0.6) is 0 Å². The van der Waals surface area contributed by atoms with E-state index >= 15 is 0 Å². The summed E-state index contributed by atoms with van der Waals surface area (Å²) in [7, 11) is 1.80. The van der Waals surface area contributed by atoms with Gasteiger partial charge in [0.2, 0.25) is 5.91 Å². The van der Waals surface area contributed by atoms with Gasteiger partial charge in [-0.15, -0.1) is 0 Å². The van der Waals surface area contributed by atoms with Crippen LogP contribution in [0.4, 0.5) is 0 Å². The predicted molar refractivity (Wildman–Crippen MR) is 68.8 cm³/mol. The number of amides is 1. The van der Waals surface area contributed by atoms with Crippen molar-refractivity contribution in [1.29, 1.82) is 0 Å². The molecule has 108 valence electrons. The van der Waals surface area contributed by atoms with Crippen LogP contribution in [0.25, 0.3) is 0 Å². The highest BCUT2D eigenvalue weighted by atomic mass is 16.5. The van der Waals surface area contributed by atoms with Crippen molar-refractivity contribution in [1.82, 2.24) is 10.2 Å². The van der Waals surface area contributed by atoms with E-state index in [-0.39, 0.29) is 30.5 Å². The van der Waals surface area contributed by atoms with Gasteiger partial charge in [0.05, 0.1) is 19.1 Å². The topological polar surface area (TPSA) is 78.9 Å². The van der Waals surface area contributed by atoms with Crippen LogP contribution in [-0.4, -0.2) is 60.8 Å². The fourth-order valence-corrected chi connectivity index (χ4v) is 3.04. The molecule has 1 aliphatic carbocycles. The van der Waals surface area contributed by atoms with Gasteiger partial charge in [-0.2, -0.15) is 0 Å². The molecule has 19 heavy (non-hydrogen) atoms. The Morgan fingerprint density at radius 2 is 2.00 bits per heavy atom. The lowest BCUT2D eigenvalue weighted by Crippen LogP contribution is -2.49. The van der Waals surface area contributed by atoms with E-state index in [2.05, 4.69) is 5.32 Å². The molecule has 2 unspecified atom stereocenters. The maximum Gasteiger partial charge on any atom is 0.323 e. The molecule has 1 aliphatic heterocycles. The zero-order valence-electron chi connectivity index (χ0n) is 11.3. The number of nitrogens with zero attached hydrogens (tertiary/aromatic N) is 1. The summed E-state index contributed by atoms with van der Waals surface area (Å²) < 4.78 is 5.34. The summed E-state index contributed by atoms with van der Waals surface area (Å²) in [5.74, 6) is -1.28. The smallest absolute Gasteiger partial charge is 0.323 e. The Kier molecular flexibility index (Phi) is 4.76. The van der Waals surface area contributed by atoms with Crippen LogP contribution in [0.3, 0.4) is 0 Å². The zero-order valence-corrected chi connectivity index (χ0v) is 11.3. The molecular formula is C13H22N2O4. The van der Waals surface area contributed by atoms with Gasteiger partial charge >= 0.3 is 5.97 Å². The number of carboxylic acids is 1. The molecule has 0 aromatic heterocycles. The van der Waals surface area contributed by atoms with Crippen molar-refractivity contribution >= 4 is 11.9 Å². The van der Waals surface area contributed by atoms with Gasteiger partial charge in [-0.1, -0.05) is 12.8 Å². The number of aliphatic carboxylic acids is 1. The summed E-state index contributed by atoms with van der Waals surface area (Å²) in [6.07, 6.45) is 3.98. The van der Waals surface area contributed by atoms with Crippen LogP contribution in [0, 0.1) is 5.92 Å². The highest BCUT2D eigenvalue weighted by Crippen LogP contribution is 2.26. The van der Waals surface area contributed by atoms with Crippen molar-refractivity contribution in [3.63, 3.8) is 0 Å². The van der Waals surface area contributed by atoms with Crippen molar-refractivity contribution < 1.29 is 19.4 Å². The van der Waals surface area contributed by atoms with Gasteiger partial charge in [0.15, 0.2) is 0 Å². The molecule has 1 saturated carbocycles. The quantitative estimate of drug-likeness (QED) is 0.739. The minimum atomic E-state index is -0.944. The lowest BCUT2D eigenvalue weighted by atomic mass is 10.0. The number of carboxylic acid groups (broad SMARTS) is 1. The zero-order chi connectivity index (χ0) is 13.8. The third-order valence-electron chi connectivity index (χ3n) is 4.12. The van der Waals surface area contributed by atoms with Crippen LogP contribution in [-0.2, 0) is 14.3 Å². The Balaban J connectivity index is 2.07. The third-order valence-corrected chi connectivity index (χ3v) is 4.12. The van der Waals surface area contributed by atoms with Crippen molar-refractivity contribution in [3.05, 3.63) is 0 Å². The lowest BCUT2D eigenvalue weighted by molar-refractivity contribution is -0.148. The highest BCUT2D eigenvalue weighted by Gasteiger charge is 2.39. The van der Waals surface area contributed by atoms with Gasteiger partial charge in [0, 0.05) is 12.1 Å². The standard InChI is InChI=1S/C13H22N2O4/c1-14-11-8-19-7-10(11)13(18)15(6-12(16)17)9-4-2-3-5-9/h9-11,14H,2-8H2,1H3,(H,16,17). The number of rotatable bonds is 5. The maximum atomic E-state index is 12.6. The summed E-state index contributed by atoms with van der Waals surface area (Å²) >= 11 is 0. The average Bonchev–Trinajstić information content (AvgIpc) is 3.05. The molecule has 1 heterocycles. The van der Waals surface area contributed by atoms with Gasteiger partial charge in [0.1, 0.15) is 6.54 Å². The SMILES string of the molecule is CNC1COCC1C(=O)N(CC(=O)O)C1CCCC1. The minimum Gasteiger partial charge on any atom is -0.480 e. The second-order valence-electron chi connectivity index (χ2n) is 5.34. The summed E-state index contributed by atoms with van der Waals surface area (Å²) in [4.78, 5) is 25.1. The first-order valence-corrected chi connectivity index (χ1v) is 6.90. The van der Waals surface area contributed by atoms with E-state index in [0.29, 0.717) is 13.2 Å². The molecule has 2 fully saturated rings. The van der Waals surface area contributed by atoms with E-state index < -0.39 is 5.97 Å². The normalized spacial score (nSPS) is 27.6. The molecule has 2 rings (SSSR count). The third kappa shape index (κ3) is 3.25. The fourth-order valence-electron chi connectivity index (χ4n) is 3.04. The number of hydrogen-bond acceptors (Lipinski definition) is 4. The van der Waals surface area contributed by atoms with E-state index in [1.54, 1.807) is 11.9 Å². The fraction of sp³-hybridized carbons (Fsp3) is 0.846. The van der Waals surface area contributed by atoms with Gasteiger partial charge in [-0.25, -0.2) is 0 Å². The first-order chi connectivity index (χ1) is 9.13. The van der Waals surface area contributed by atoms with E-state index in [1.807, 2.05) is 0 Å². The molecule has 0 spiro atoms. The monoisotopic (exact) mass is 270 g/mol. The molecule has 2 aliphatic rings. The number of ether oxygens (including phenoxy) is 1. The Morgan fingerprint density at radius 3 is 2.58 bits per heavy atom. The number of hydrogen-bond donors (Lipinski definition) is 2. The van der Waals surface area contributed by atoms with E-state index in [1.165, 1.54) is 0 Å². The number of nitrogens with one attached hydrogen (secondary N) is 1. The molecule has 2 N–H and O–H groups in total. The first-order valence-electron chi connectivity index (χ1n) is 6.90. The van der Waals surface area contributed by atoms with Crippen LogP contribution in [0.15, 0.2) is 0 Å². The molecular weight excluding hydrogens is 248 g/mol. The Labute approximate surface area is 113 Å². The van der Waals surface area contributed by atoms with Gasteiger partial charge in [-0.3, -0.25) is 9.59 Å². The number of carbonyl (C=O) groups is 2.